The van der Waals surface area contributed by atoms with Gasteiger partial charge in [0.05, 0.1) is 5.41 Å². The third kappa shape index (κ3) is 5.27. The second-order valence-corrected chi connectivity index (χ2v) is 8.28. The number of rotatable bonds is 8. The molecular weight excluding hydrogens is 382 g/mol. The van der Waals surface area contributed by atoms with Gasteiger partial charge in [0.2, 0.25) is 0 Å². The van der Waals surface area contributed by atoms with E-state index in [1.165, 1.54) is 10.5 Å². The van der Waals surface area contributed by atoms with Crippen molar-refractivity contribution in [1.82, 2.24) is 5.32 Å². The first kappa shape index (κ1) is 19.8. The number of hydrogen-bond acceptors (Lipinski definition) is 4. The Morgan fingerprint density at radius 3 is 2.41 bits per heavy atom. The lowest BCUT2D eigenvalue weighted by molar-refractivity contribution is -0.151. The molecule has 0 aliphatic heterocycles. The van der Waals surface area contributed by atoms with Gasteiger partial charge in [-0.1, -0.05) is 41.4 Å². The summed E-state index contributed by atoms with van der Waals surface area (Å²) in [6.07, 6.45) is 1.48. The fourth-order valence-electron chi connectivity index (χ4n) is 2.82. The largest absolute Gasteiger partial charge is 0.455 e. The Morgan fingerprint density at radius 1 is 1.11 bits per heavy atom. The third-order valence-electron chi connectivity index (χ3n) is 4.59. The molecule has 6 heteroatoms. The van der Waals surface area contributed by atoms with Gasteiger partial charge in [-0.05, 0) is 49.6 Å². The van der Waals surface area contributed by atoms with E-state index in [4.69, 9.17) is 16.3 Å². The molecule has 0 spiro atoms. The molecule has 0 bridgehead atoms. The molecule has 3 rings (SSSR count). The summed E-state index contributed by atoms with van der Waals surface area (Å²) in [4.78, 5) is 25.5. The van der Waals surface area contributed by atoms with E-state index in [9.17, 15) is 9.59 Å². The van der Waals surface area contributed by atoms with Gasteiger partial charge in [-0.15, -0.1) is 11.8 Å². The van der Waals surface area contributed by atoms with Gasteiger partial charge in [0, 0.05) is 22.2 Å². The van der Waals surface area contributed by atoms with Crippen LogP contribution >= 0.6 is 23.4 Å². The molecule has 142 valence electrons. The molecule has 1 aliphatic carbocycles. The second-order valence-electron chi connectivity index (χ2n) is 6.68. The number of carbonyl (C=O) groups is 2. The molecule has 1 amide bonds. The van der Waals surface area contributed by atoms with Crippen LogP contribution in [0.1, 0.15) is 24.0 Å². The smallest absolute Gasteiger partial charge is 0.317 e. The Hall–Kier alpha value is -1.98. The number of benzene rings is 2. The quantitative estimate of drug-likeness (QED) is 0.409. The zero-order valence-corrected chi connectivity index (χ0v) is 16.7. The average Bonchev–Trinajstić information content (AvgIpc) is 3.47. The lowest BCUT2D eigenvalue weighted by Gasteiger charge is -2.15. The van der Waals surface area contributed by atoms with Crippen LogP contribution in [0.3, 0.4) is 0 Å². The molecule has 0 atom stereocenters. The second kappa shape index (κ2) is 8.81. The highest BCUT2D eigenvalue weighted by molar-refractivity contribution is 7.99. The van der Waals surface area contributed by atoms with Gasteiger partial charge in [0.1, 0.15) is 0 Å². The summed E-state index contributed by atoms with van der Waals surface area (Å²) in [5.41, 5.74) is 1.51. The van der Waals surface area contributed by atoms with Gasteiger partial charge < -0.3 is 10.1 Å². The van der Waals surface area contributed by atoms with E-state index in [2.05, 4.69) is 36.5 Å². The van der Waals surface area contributed by atoms with Crippen LogP contribution in [0.4, 0.5) is 0 Å². The van der Waals surface area contributed by atoms with Gasteiger partial charge in [0.15, 0.2) is 6.61 Å². The predicted molar refractivity (Wildman–Crippen MR) is 108 cm³/mol. The number of aryl methyl sites for hydroxylation is 1. The molecule has 27 heavy (non-hydrogen) atoms. The maximum atomic E-state index is 12.4. The molecular formula is C21H22ClNO3S. The van der Waals surface area contributed by atoms with Gasteiger partial charge in [-0.2, -0.15) is 0 Å². The number of amides is 1. The first-order valence-corrected chi connectivity index (χ1v) is 10.3. The predicted octanol–water partition coefficient (Wildman–Crippen LogP) is 4.13. The SMILES string of the molecule is Cc1ccc(SCCNC(=O)COC(=O)C2(c3ccc(Cl)cc3)CC2)cc1. The van der Waals surface area contributed by atoms with Crippen molar-refractivity contribution in [2.24, 2.45) is 0 Å². The fraction of sp³-hybridized carbons (Fsp3) is 0.333. The molecule has 0 radical (unpaired) electrons. The molecule has 2 aromatic rings. The van der Waals surface area contributed by atoms with E-state index in [1.807, 2.05) is 12.1 Å². The summed E-state index contributed by atoms with van der Waals surface area (Å²) in [6, 6.07) is 15.5. The van der Waals surface area contributed by atoms with Gasteiger partial charge in [-0.25, -0.2) is 0 Å². The number of carbonyl (C=O) groups excluding carboxylic acids is 2. The Bertz CT molecular complexity index is 801. The highest BCUT2D eigenvalue weighted by Crippen LogP contribution is 2.49. The monoisotopic (exact) mass is 403 g/mol. The fourth-order valence-corrected chi connectivity index (χ4v) is 3.71. The third-order valence-corrected chi connectivity index (χ3v) is 5.85. The molecule has 0 heterocycles. The Kier molecular flexibility index (Phi) is 6.45. The Balaban J connectivity index is 1.38. The molecule has 1 N–H and O–H groups in total. The zero-order valence-electron chi connectivity index (χ0n) is 15.2. The molecule has 1 saturated carbocycles. The first-order chi connectivity index (χ1) is 13.0. The van der Waals surface area contributed by atoms with Crippen molar-refractivity contribution in [2.45, 2.75) is 30.1 Å². The topological polar surface area (TPSA) is 55.4 Å². The number of hydrogen-bond donors (Lipinski definition) is 1. The first-order valence-electron chi connectivity index (χ1n) is 8.89. The van der Waals surface area contributed by atoms with Crippen LogP contribution in [0.5, 0.6) is 0 Å². The van der Waals surface area contributed by atoms with Crippen LogP contribution in [0.2, 0.25) is 5.02 Å². The van der Waals surface area contributed by atoms with Crippen molar-refractivity contribution >= 4 is 35.2 Å². The number of thioether (sulfide) groups is 1. The van der Waals surface area contributed by atoms with Gasteiger partial charge in [0.25, 0.3) is 5.91 Å². The van der Waals surface area contributed by atoms with E-state index >= 15 is 0 Å². The van der Waals surface area contributed by atoms with Gasteiger partial charge in [-0.3, -0.25) is 9.59 Å². The Morgan fingerprint density at radius 2 is 1.78 bits per heavy atom. The zero-order chi connectivity index (χ0) is 19.3. The van der Waals surface area contributed by atoms with Crippen LogP contribution in [0.25, 0.3) is 0 Å². The van der Waals surface area contributed by atoms with Crippen LogP contribution < -0.4 is 5.32 Å². The number of nitrogens with one attached hydrogen (secondary N) is 1. The molecule has 0 aromatic heterocycles. The normalized spacial score (nSPS) is 14.4. The molecule has 1 fully saturated rings. The van der Waals surface area contributed by atoms with Gasteiger partial charge >= 0.3 is 5.97 Å². The van der Waals surface area contributed by atoms with Crippen molar-refractivity contribution in [1.29, 1.82) is 0 Å². The van der Waals surface area contributed by atoms with E-state index in [0.29, 0.717) is 11.6 Å². The van der Waals surface area contributed by atoms with Crippen LogP contribution in [-0.4, -0.2) is 30.8 Å². The summed E-state index contributed by atoms with van der Waals surface area (Å²) >= 11 is 7.57. The molecule has 0 unspecified atom stereocenters. The summed E-state index contributed by atoms with van der Waals surface area (Å²) in [6.45, 7) is 2.33. The number of esters is 1. The minimum Gasteiger partial charge on any atom is -0.455 e. The molecule has 2 aromatic carbocycles. The summed E-state index contributed by atoms with van der Waals surface area (Å²) in [5, 5.41) is 3.41. The van der Waals surface area contributed by atoms with Crippen molar-refractivity contribution < 1.29 is 14.3 Å². The standard InChI is InChI=1S/C21H22ClNO3S/c1-15-2-8-18(9-3-15)27-13-12-23-19(24)14-26-20(25)21(10-11-21)16-4-6-17(22)7-5-16/h2-9H,10-14H2,1H3,(H,23,24). The van der Waals surface area contributed by atoms with E-state index < -0.39 is 5.41 Å². The van der Waals surface area contributed by atoms with Crippen molar-refractivity contribution in [3.05, 3.63) is 64.7 Å². The highest BCUT2D eigenvalue weighted by atomic mass is 35.5. The molecule has 4 nitrogen and oxygen atoms in total. The lowest BCUT2D eigenvalue weighted by Crippen LogP contribution is -2.33. The summed E-state index contributed by atoms with van der Waals surface area (Å²) < 4.78 is 5.25. The maximum absolute atomic E-state index is 12.4. The summed E-state index contributed by atoms with van der Waals surface area (Å²) in [5.74, 6) is 0.144. The molecule has 0 saturated heterocycles. The van der Waals surface area contributed by atoms with Crippen molar-refractivity contribution in [3.8, 4) is 0 Å². The van der Waals surface area contributed by atoms with Crippen molar-refractivity contribution in [3.63, 3.8) is 0 Å². The van der Waals surface area contributed by atoms with Crippen molar-refractivity contribution in [2.75, 3.05) is 18.9 Å². The minimum absolute atomic E-state index is 0.247. The number of ether oxygens (including phenoxy) is 1. The highest BCUT2D eigenvalue weighted by Gasteiger charge is 2.52. The average molecular weight is 404 g/mol. The van der Waals surface area contributed by atoms with Crippen LogP contribution in [-0.2, 0) is 19.7 Å². The van der Waals surface area contributed by atoms with E-state index in [0.717, 1.165) is 24.2 Å². The Labute approximate surface area is 168 Å². The van der Waals surface area contributed by atoms with E-state index in [-0.39, 0.29) is 18.5 Å². The van der Waals surface area contributed by atoms with Crippen LogP contribution in [0.15, 0.2) is 53.4 Å². The van der Waals surface area contributed by atoms with Crippen LogP contribution in [0, 0.1) is 6.92 Å². The summed E-state index contributed by atoms with van der Waals surface area (Å²) in [7, 11) is 0. The molecule has 1 aliphatic rings. The maximum Gasteiger partial charge on any atom is 0.317 e. The number of halogens is 1. The van der Waals surface area contributed by atoms with E-state index in [1.54, 1.807) is 23.9 Å². The lowest BCUT2D eigenvalue weighted by atomic mass is 9.96. The minimum atomic E-state index is -0.605.